The minimum absolute atomic E-state index is 0. The lowest BCUT2D eigenvalue weighted by Gasteiger charge is -2.09. The van der Waals surface area contributed by atoms with Gasteiger partial charge in [-0.15, -0.1) is 12.4 Å². The maximum Gasteiger partial charge on any atom is 0.137 e. The summed E-state index contributed by atoms with van der Waals surface area (Å²) in [6, 6.07) is 17.1. The quantitative estimate of drug-likeness (QED) is 0.879. The molecule has 1 aliphatic carbocycles. The van der Waals surface area contributed by atoms with Gasteiger partial charge in [0.15, 0.2) is 0 Å². The first kappa shape index (κ1) is 16.2. The molecule has 2 aromatic rings. The molecule has 0 aliphatic heterocycles. The second-order valence-corrected chi connectivity index (χ2v) is 5.55. The predicted molar refractivity (Wildman–Crippen MR) is 89.7 cm³/mol. The average molecular weight is 324 g/mol. The maximum atomic E-state index is 6.30. The first-order valence-corrected chi connectivity index (χ1v) is 7.27. The van der Waals surface area contributed by atoms with Crippen LogP contribution in [0.2, 0.25) is 5.02 Å². The van der Waals surface area contributed by atoms with Crippen molar-refractivity contribution in [2.24, 2.45) is 0 Å². The molecule has 21 heavy (non-hydrogen) atoms. The zero-order valence-corrected chi connectivity index (χ0v) is 13.5. The van der Waals surface area contributed by atoms with Gasteiger partial charge in [-0.3, -0.25) is 0 Å². The number of benzene rings is 2. The van der Waals surface area contributed by atoms with Crippen molar-refractivity contribution in [2.75, 3.05) is 7.11 Å². The lowest BCUT2D eigenvalue weighted by Crippen LogP contribution is -2.17. The molecule has 112 valence electrons. The van der Waals surface area contributed by atoms with Crippen molar-refractivity contribution in [3.8, 4) is 5.75 Å². The van der Waals surface area contributed by atoms with Crippen LogP contribution in [0.15, 0.2) is 48.5 Å². The molecule has 0 aromatic heterocycles. The molecule has 1 aliphatic rings. The van der Waals surface area contributed by atoms with Crippen LogP contribution in [-0.4, -0.2) is 13.2 Å². The largest absolute Gasteiger partial charge is 0.495 e. The molecule has 1 fully saturated rings. The van der Waals surface area contributed by atoms with Crippen LogP contribution in [0, 0.1) is 0 Å². The number of hydrogen-bond acceptors (Lipinski definition) is 2. The molecule has 1 saturated carbocycles. The molecule has 2 nitrogen and oxygen atoms in total. The van der Waals surface area contributed by atoms with E-state index in [1.54, 1.807) is 7.11 Å². The Hall–Kier alpha value is -1.22. The summed E-state index contributed by atoms with van der Waals surface area (Å²) in [4.78, 5) is 0. The smallest absolute Gasteiger partial charge is 0.137 e. The second-order valence-electron chi connectivity index (χ2n) is 5.17. The van der Waals surface area contributed by atoms with Crippen LogP contribution in [0.3, 0.4) is 0 Å². The van der Waals surface area contributed by atoms with E-state index >= 15 is 0 Å². The Morgan fingerprint density at radius 1 is 1.14 bits per heavy atom. The molecule has 0 heterocycles. The number of nitrogens with one attached hydrogen (secondary N) is 1. The predicted octanol–water partition coefficient (Wildman–Crippen LogP) is 4.42. The zero-order chi connectivity index (χ0) is 13.9. The molecule has 0 saturated heterocycles. The first-order valence-electron chi connectivity index (χ1n) is 6.89. The van der Waals surface area contributed by atoms with Crippen LogP contribution in [-0.2, 0) is 6.54 Å². The van der Waals surface area contributed by atoms with Gasteiger partial charge in [-0.25, -0.2) is 0 Å². The van der Waals surface area contributed by atoms with Crippen molar-refractivity contribution in [2.45, 2.75) is 24.9 Å². The van der Waals surface area contributed by atoms with Gasteiger partial charge in [0.2, 0.25) is 0 Å². The highest BCUT2D eigenvalue weighted by atomic mass is 35.5. The molecule has 2 unspecified atom stereocenters. The summed E-state index contributed by atoms with van der Waals surface area (Å²) in [6.07, 6.45) is 1.20. The number of methoxy groups -OCH3 is 1. The van der Waals surface area contributed by atoms with E-state index in [0.717, 1.165) is 17.9 Å². The van der Waals surface area contributed by atoms with Crippen molar-refractivity contribution in [1.82, 2.24) is 5.32 Å². The van der Waals surface area contributed by atoms with Crippen molar-refractivity contribution in [1.29, 1.82) is 0 Å². The second kappa shape index (κ2) is 7.17. The number of halogens is 2. The van der Waals surface area contributed by atoms with E-state index in [0.29, 0.717) is 17.0 Å². The Kier molecular flexibility index (Phi) is 5.51. The minimum Gasteiger partial charge on any atom is -0.495 e. The van der Waals surface area contributed by atoms with E-state index < -0.39 is 0 Å². The zero-order valence-electron chi connectivity index (χ0n) is 11.9. The van der Waals surface area contributed by atoms with E-state index in [9.17, 15) is 0 Å². The topological polar surface area (TPSA) is 21.3 Å². The normalized spacial score (nSPS) is 19.7. The highest BCUT2D eigenvalue weighted by Crippen LogP contribution is 2.41. The van der Waals surface area contributed by atoms with Crippen molar-refractivity contribution < 1.29 is 4.74 Å². The van der Waals surface area contributed by atoms with Crippen LogP contribution in [0.25, 0.3) is 0 Å². The minimum atomic E-state index is 0. The third kappa shape index (κ3) is 3.70. The lowest BCUT2D eigenvalue weighted by atomic mass is 10.1. The SMILES string of the molecule is COc1cccc(CNC2CC2c2ccccc2)c1Cl.Cl. The Morgan fingerprint density at radius 3 is 2.62 bits per heavy atom. The van der Waals surface area contributed by atoms with Crippen LogP contribution >= 0.6 is 24.0 Å². The van der Waals surface area contributed by atoms with E-state index in [1.807, 2.05) is 18.2 Å². The maximum absolute atomic E-state index is 6.30. The Labute approximate surface area is 136 Å². The molecule has 3 rings (SSSR count). The molecular weight excluding hydrogens is 305 g/mol. The van der Waals surface area contributed by atoms with E-state index in [4.69, 9.17) is 16.3 Å². The van der Waals surface area contributed by atoms with E-state index in [1.165, 1.54) is 12.0 Å². The van der Waals surface area contributed by atoms with Crippen molar-refractivity contribution in [3.63, 3.8) is 0 Å². The van der Waals surface area contributed by atoms with Gasteiger partial charge in [-0.2, -0.15) is 0 Å². The molecule has 0 radical (unpaired) electrons. The van der Waals surface area contributed by atoms with Crippen molar-refractivity contribution >= 4 is 24.0 Å². The van der Waals surface area contributed by atoms with Gasteiger partial charge in [0, 0.05) is 18.5 Å². The number of ether oxygens (including phenoxy) is 1. The van der Waals surface area contributed by atoms with Crippen LogP contribution < -0.4 is 10.1 Å². The molecule has 0 amide bonds. The third-order valence-corrected chi connectivity index (χ3v) is 4.27. The monoisotopic (exact) mass is 323 g/mol. The van der Waals surface area contributed by atoms with Crippen LogP contribution in [0.1, 0.15) is 23.5 Å². The summed E-state index contributed by atoms with van der Waals surface area (Å²) in [6.45, 7) is 0.782. The lowest BCUT2D eigenvalue weighted by molar-refractivity contribution is 0.414. The Morgan fingerprint density at radius 2 is 1.90 bits per heavy atom. The van der Waals surface area contributed by atoms with Gasteiger partial charge >= 0.3 is 0 Å². The van der Waals surface area contributed by atoms with Gasteiger partial charge in [0.1, 0.15) is 5.75 Å². The fourth-order valence-corrected chi connectivity index (χ4v) is 2.85. The summed E-state index contributed by atoms with van der Waals surface area (Å²) in [7, 11) is 1.64. The van der Waals surface area contributed by atoms with Gasteiger partial charge < -0.3 is 10.1 Å². The van der Waals surface area contributed by atoms with E-state index in [2.05, 4.69) is 35.6 Å². The fourth-order valence-electron chi connectivity index (χ4n) is 2.58. The van der Waals surface area contributed by atoms with Gasteiger partial charge in [0.05, 0.1) is 12.1 Å². The summed E-state index contributed by atoms with van der Waals surface area (Å²) < 4.78 is 5.24. The molecule has 2 atom stereocenters. The summed E-state index contributed by atoms with van der Waals surface area (Å²) >= 11 is 6.30. The van der Waals surface area contributed by atoms with Gasteiger partial charge in [-0.05, 0) is 23.6 Å². The molecule has 1 N–H and O–H groups in total. The van der Waals surface area contributed by atoms with Crippen LogP contribution in [0.4, 0.5) is 0 Å². The van der Waals surface area contributed by atoms with E-state index in [-0.39, 0.29) is 12.4 Å². The summed E-state index contributed by atoms with van der Waals surface area (Å²) in [5, 5.41) is 4.28. The number of rotatable bonds is 5. The molecule has 2 aromatic carbocycles. The molecule has 0 bridgehead atoms. The fraction of sp³-hybridized carbons (Fsp3) is 0.294. The first-order chi connectivity index (χ1) is 9.79. The highest BCUT2D eigenvalue weighted by Gasteiger charge is 2.37. The molecule has 0 spiro atoms. The third-order valence-electron chi connectivity index (χ3n) is 3.84. The average Bonchev–Trinajstić information content (AvgIpc) is 3.27. The van der Waals surface area contributed by atoms with Gasteiger partial charge in [0.25, 0.3) is 0 Å². The molecular formula is C17H19Cl2NO. The number of hydrogen-bond donors (Lipinski definition) is 1. The molecule has 4 heteroatoms. The van der Waals surface area contributed by atoms with Crippen LogP contribution in [0.5, 0.6) is 5.75 Å². The van der Waals surface area contributed by atoms with Gasteiger partial charge in [-0.1, -0.05) is 54.1 Å². The van der Waals surface area contributed by atoms with Crippen molar-refractivity contribution in [3.05, 3.63) is 64.7 Å². The highest BCUT2D eigenvalue weighted by molar-refractivity contribution is 6.32. The summed E-state index contributed by atoms with van der Waals surface area (Å²) in [5.41, 5.74) is 2.51. The summed E-state index contributed by atoms with van der Waals surface area (Å²) in [5.74, 6) is 1.38. The standard InChI is InChI=1S/C17H18ClNO.ClH/c1-20-16-9-5-8-13(17(16)18)11-19-15-10-14(15)12-6-3-2-4-7-12;/h2-9,14-15,19H,10-11H2,1H3;1H. The Bertz CT molecular complexity index is 589. The Balaban J connectivity index is 0.00000161.